The second-order valence-electron chi connectivity index (χ2n) is 4.04. The van der Waals surface area contributed by atoms with Crippen molar-refractivity contribution in [3.05, 3.63) is 40.1 Å². The molecule has 0 radical (unpaired) electrons. The number of nitrogens with one attached hydrogen (secondary N) is 1. The van der Waals surface area contributed by atoms with Crippen molar-refractivity contribution in [2.45, 2.75) is 11.5 Å². The summed E-state index contributed by atoms with van der Waals surface area (Å²) in [5.41, 5.74) is 0.590. The van der Waals surface area contributed by atoms with E-state index in [4.69, 9.17) is 28.3 Å². The monoisotopic (exact) mass is 335 g/mol. The number of halogens is 2. The Morgan fingerprint density at radius 3 is 2.60 bits per heavy atom. The van der Waals surface area contributed by atoms with Crippen LogP contribution in [0.15, 0.2) is 29.4 Å². The SMILES string of the molecule is Cn1cc(NS(=O)(=O)c2cc(CO)c(Cl)cc2Cl)cn1. The number of aromatic nitrogens is 2. The van der Waals surface area contributed by atoms with Gasteiger partial charge in [0, 0.05) is 18.3 Å². The van der Waals surface area contributed by atoms with Crippen molar-refractivity contribution in [2.24, 2.45) is 7.05 Å². The molecule has 9 heteroatoms. The van der Waals surface area contributed by atoms with E-state index in [1.807, 2.05) is 0 Å². The molecule has 20 heavy (non-hydrogen) atoms. The molecule has 0 aliphatic rings. The van der Waals surface area contributed by atoms with Gasteiger partial charge in [0.2, 0.25) is 0 Å². The van der Waals surface area contributed by atoms with E-state index in [0.29, 0.717) is 5.69 Å². The summed E-state index contributed by atoms with van der Waals surface area (Å²) in [5.74, 6) is 0. The number of aliphatic hydroxyl groups is 1. The lowest BCUT2D eigenvalue weighted by molar-refractivity contribution is 0.281. The molecule has 2 rings (SSSR count). The van der Waals surface area contributed by atoms with Crippen LogP contribution in [0.25, 0.3) is 0 Å². The Labute approximate surface area is 126 Å². The van der Waals surface area contributed by atoms with Crippen molar-refractivity contribution in [1.29, 1.82) is 0 Å². The Bertz CT molecular complexity index is 743. The van der Waals surface area contributed by atoms with E-state index in [2.05, 4.69) is 9.82 Å². The fraction of sp³-hybridized carbons (Fsp3) is 0.182. The lowest BCUT2D eigenvalue weighted by atomic mass is 10.2. The quantitative estimate of drug-likeness (QED) is 0.895. The van der Waals surface area contributed by atoms with E-state index < -0.39 is 10.0 Å². The molecule has 6 nitrogen and oxygen atoms in total. The van der Waals surface area contributed by atoms with Crippen LogP contribution in [0.4, 0.5) is 5.69 Å². The molecule has 0 unspecified atom stereocenters. The minimum atomic E-state index is -3.89. The highest BCUT2D eigenvalue weighted by Gasteiger charge is 2.20. The zero-order valence-electron chi connectivity index (χ0n) is 10.3. The van der Waals surface area contributed by atoms with Gasteiger partial charge in [-0.25, -0.2) is 8.42 Å². The van der Waals surface area contributed by atoms with Gasteiger partial charge in [-0.2, -0.15) is 5.10 Å². The summed E-state index contributed by atoms with van der Waals surface area (Å²) in [6, 6.07) is 2.52. The van der Waals surface area contributed by atoms with Gasteiger partial charge in [-0.05, 0) is 17.7 Å². The molecule has 0 aliphatic carbocycles. The summed E-state index contributed by atoms with van der Waals surface area (Å²) >= 11 is 11.8. The van der Waals surface area contributed by atoms with E-state index in [0.717, 1.165) is 0 Å². The molecule has 1 aromatic carbocycles. The van der Waals surface area contributed by atoms with E-state index >= 15 is 0 Å². The first-order valence-electron chi connectivity index (χ1n) is 5.43. The Balaban J connectivity index is 2.43. The molecule has 0 amide bonds. The lowest BCUT2D eigenvalue weighted by Gasteiger charge is -2.10. The van der Waals surface area contributed by atoms with Crippen molar-refractivity contribution in [2.75, 3.05) is 4.72 Å². The van der Waals surface area contributed by atoms with Crippen molar-refractivity contribution in [3.8, 4) is 0 Å². The van der Waals surface area contributed by atoms with E-state index in [1.54, 1.807) is 7.05 Å². The number of aliphatic hydroxyl groups excluding tert-OH is 1. The number of rotatable bonds is 4. The average Bonchev–Trinajstić information content (AvgIpc) is 2.73. The van der Waals surface area contributed by atoms with Gasteiger partial charge in [0.25, 0.3) is 10.0 Å². The average molecular weight is 336 g/mol. The molecule has 108 valence electrons. The first-order valence-corrected chi connectivity index (χ1v) is 7.67. The van der Waals surface area contributed by atoms with Crippen LogP contribution in [0.5, 0.6) is 0 Å². The van der Waals surface area contributed by atoms with Crippen LogP contribution in [0, 0.1) is 0 Å². The van der Waals surface area contributed by atoms with Gasteiger partial charge in [0.05, 0.1) is 23.5 Å². The fourth-order valence-electron chi connectivity index (χ4n) is 1.58. The van der Waals surface area contributed by atoms with E-state index in [1.165, 1.54) is 29.2 Å². The Morgan fingerprint density at radius 2 is 2.05 bits per heavy atom. The molecule has 1 aromatic heterocycles. The fourth-order valence-corrected chi connectivity index (χ4v) is 3.47. The van der Waals surface area contributed by atoms with E-state index in [9.17, 15) is 8.42 Å². The standard InChI is InChI=1S/C11H11Cl2N3O3S/c1-16-5-8(4-14-16)15-20(18,19)11-2-7(6-17)9(12)3-10(11)13/h2-5,15,17H,6H2,1H3. The van der Waals surface area contributed by atoms with E-state index in [-0.39, 0.29) is 27.1 Å². The lowest BCUT2D eigenvalue weighted by Crippen LogP contribution is -2.13. The third-order valence-electron chi connectivity index (χ3n) is 2.52. The highest BCUT2D eigenvalue weighted by molar-refractivity contribution is 7.92. The molecule has 1 heterocycles. The zero-order valence-corrected chi connectivity index (χ0v) is 12.7. The summed E-state index contributed by atoms with van der Waals surface area (Å²) in [4.78, 5) is -0.156. The topological polar surface area (TPSA) is 84.2 Å². The van der Waals surface area contributed by atoms with Crippen LogP contribution in [0.3, 0.4) is 0 Å². The van der Waals surface area contributed by atoms with Crippen molar-refractivity contribution in [3.63, 3.8) is 0 Å². The molecule has 0 aliphatic heterocycles. The normalized spacial score (nSPS) is 11.6. The first kappa shape index (κ1) is 15.1. The second kappa shape index (κ2) is 5.61. The van der Waals surface area contributed by atoms with Gasteiger partial charge in [-0.15, -0.1) is 0 Å². The van der Waals surface area contributed by atoms with Gasteiger partial charge in [0.15, 0.2) is 0 Å². The molecule has 0 bridgehead atoms. The molecular formula is C11H11Cl2N3O3S. The smallest absolute Gasteiger partial charge is 0.263 e. The molecule has 0 saturated carbocycles. The summed E-state index contributed by atoms with van der Waals surface area (Å²) < 4.78 is 28.3. The van der Waals surface area contributed by atoms with Crippen LogP contribution < -0.4 is 4.72 Å². The van der Waals surface area contributed by atoms with Crippen molar-refractivity contribution in [1.82, 2.24) is 9.78 Å². The molecule has 0 spiro atoms. The van der Waals surface area contributed by atoms with Crippen LogP contribution >= 0.6 is 23.2 Å². The summed E-state index contributed by atoms with van der Waals surface area (Å²) in [7, 11) is -2.22. The number of benzene rings is 1. The first-order chi connectivity index (χ1) is 9.33. The van der Waals surface area contributed by atoms with Crippen LogP contribution in [0.1, 0.15) is 5.56 Å². The van der Waals surface area contributed by atoms with Crippen LogP contribution in [-0.4, -0.2) is 23.3 Å². The molecule has 0 atom stereocenters. The van der Waals surface area contributed by atoms with Gasteiger partial charge >= 0.3 is 0 Å². The Morgan fingerprint density at radius 1 is 1.35 bits per heavy atom. The summed E-state index contributed by atoms with van der Waals surface area (Å²) in [6.07, 6.45) is 2.88. The minimum absolute atomic E-state index is 0.0245. The number of aryl methyl sites for hydroxylation is 1. The Hall–Kier alpha value is -1.28. The number of hydrogen-bond acceptors (Lipinski definition) is 4. The third kappa shape index (κ3) is 3.06. The molecule has 2 aromatic rings. The Kier molecular flexibility index (Phi) is 4.24. The van der Waals surface area contributed by atoms with Gasteiger partial charge in [-0.1, -0.05) is 23.2 Å². The summed E-state index contributed by atoms with van der Waals surface area (Å²) in [6.45, 7) is -0.384. The maximum Gasteiger partial charge on any atom is 0.263 e. The predicted molar refractivity (Wildman–Crippen MR) is 76.4 cm³/mol. The highest BCUT2D eigenvalue weighted by atomic mass is 35.5. The van der Waals surface area contributed by atoms with Crippen molar-refractivity contribution < 1.29 is 13.5 Å². The highest BCUT2D eigenvalue weighted by Crippen LogP contribution is 2.29. The molecule has 0 fully saturated rings. The van der Waals surface area contributed by atoms with Gasteiger partial charge in [0.1, 0.15) is 4.90 Å². The molecular weight excluding hydrogens is 325 g/mol. The summed E-state index contributed by atoms with van der Waals surface area (Å²) in [5, 5.41) is 13.2. The maximum absolute atomic E-state index is 12.3. The molecule has 0 saturated heterocycles. The maximum atomic E-state index is 12.3. The number of anilines is 1. The predicted octanol–water partition coefficient (Wildman–Crippen LogP) is 2.02. The number of hydrogen-bond donors (Lipinski definition) is 2. The van der Waals surface area contributed by atoms with Crippen molar-refractivity contribution >= 4 is 38.9 Å². The second-order valence-corrected chi connectivity index (χ2v) is 6.51. The van der Waals surface area contributed by atoms with Gasteiger partial charge in [-0.3, -0.25) is 9.40 Å². The number of nitrogens with zero attached hydrogens (tertiary/aromatic N) is 2. The zero-order chi connectivity index (χ0) is 14.9. The third-order valence-corrected chi connectivity index (χ3v) is 4.72. The minimum Gasteiger partial charge on any atom is -0.392 e. The van der Waals surface area contributed by atoms with Crippen LogP contribution in [-0.2, 0) is 23.7 Å². The van der Waals surface area contributed by atoms with Crippen LogP contribution in [0.2, 0.25) is 10.0 Å². The largest absolute Gasteiger partial charge is 0.392 e. The van der Waals surface area contributed by atoms with Gasteiger partial charge < -0.3 is 5.11 Å². The number of sulfonamides is 1. The molecule has 2 N–H and O–H groups in total.